The highest BCUT2D eigenvalue weighted by molar-refractivity contribution is 5.14. The van der Waals surface area contributed by atoms with Crippen LogP contribution in [0.4, 0.5) is 0 Å². The Morgan fingerprint density at radius 3 is 2.70 bits per heavy atom. The third-order valence-electron chi connectivity index (χ3n) is 3.40. The molecule has 1 aromatic carbocycles. The van der Waals surface area contributed by atoms with Crippen LogP contribution in [0.2, 0.25) is 0 Å². The Hall–Kier alpha value is -1.45. The molecule has 2 fully saturated rings. The molecule has 2 aliphatic rings. The van der Waals surface area contributed by atoms with Gasteiger partial charge in [-0.3, -0.25) is 0 Å². The van der Waals surface area contributed by atoms with Gasteiger partial charge in [0.1, 0.15) is 12.2 Å². The first kappa shape index (κ1) is 13.5. The van der Waals surface area contributed by atoms with Gasteiger partial charge in [0, 0.05) is 0 Å². The van der Waals surface area contributed by atoms with E-state index >= 15 is 0 Å². The van der Waals surface area contributed by atoms with E-state index in [-0.39, 0.29) is 6.10 Å². The van der Waals surface area contributed by atoms with Gasteiger partial charge in [-0.25, -0.2) is 0 Å². The molecule has 0 amide bonds. The largest absolute Gasteiger partial charge is 0.367 e. The average molecular weight is 275 g/mol. The summed E-state index contributed by atoms with van der Waals surface area (Å²) in [6.07, 6.45) is -1.99. The van der Waals surface area contributed by atoms with Crippen LogP contribution in [0.1, 0.15) is 19.4 Å². The quantitative estimate of drug-likeness (QED) is 0.844. The van der Waals surface area contributed by atoms with E-state index in [4.69, 9.17) is 24.2 Å². The normalized spacial score (nSPS) is 34.6. The standard InChI is InChI=1S/C15H17NO4/c1-15(2)19-13-12(11(8-16)18-14(13)20-15)17-9-10-6-4-3-5-7-10/h3-7,11-14H,9H2,1-2H3/t11-,12+,13-,14-/m1/s1. The number of fused-ring (bicyclic) bond motifs is 1. The summed E-state index contributed by atoms with van der Waals surface area (Å²) in [6.45, 7) is 4.06. The fourth-order valence-electron chi connectivity index (χ4n) is 2.53. The summed E-state index contributed by atoms with van der Waals surface area (Å²) < 4.78 is 22.8. The molecule has 5 nitrogen and oxygen atoms in total. The molecule has 0 radical (unpaired) electrons. The maximum Gasteiger partial charge on any atom is 0.191 e. The first-order valence-electron chi connectivity index (χ1n) is 6.65. The van der Waals surface area contributed by atoms with Crippen molar-refractivity contribution in [1.29, 1.82) is 5.26 Å². The van der Waals surface area contributed by atoms with E-state index in [2.05, 4.69) is 6.07 Å². The van der Waals surface area contributed by atoms with Crippen LogP contribution < -0.4 is 0 Å². The molecule has 2 heterocycles. The van der Waals surface area contributed by atoms with Gasteiger partial charge in [-0.05, 0) is 19.4 Å². The lowest BCUT2D eigenvalue weighted by molar-refractivity contribution is -0.212. The first-order valence-corrected chi connectivity index (χ1v) is 6.65. The van der Waals surface area contributed by atoms with Gasteiger partial charge in [-0.15, -0.1) is 0 Å². The smallest absolute Gasteiger partial charge is 0.191 e. The molecule has 20 heavy (non-hydrogen) atoms. The van der Waals surface area contributed by atoms with Crippen LogP contribution in [0.15, 0.2) is 30.3 Å². The van der Waals surface area contributed by atoms with E-state index in [1.807, 2.05) is 44.2 Å². The first-order chi connectivity index (χ1) is 9.59. The second-order valence-electron chi connectivity index (χ2n) is 5.42. The van der Waals surface area contributed by atoms with E-state index in [1.165, 1.54) is 0 Å². The molecule has 0 unspecified atom stereocenters. The molecule has 106 valence electrons. The van der Waals surface area contributed by atoms with Crippen molar-refractivity contribution in [2.24, 2.45) is 0 Å². The molecule has 2 saturated heterocycles. The maximum absolute atomic E-state index is 9.15. The minimum Gasteiger partial charge on any atom is -0.367 e. The zero-order valence-corrected chi connectivity index (χ0v) is 11.5. The summed E-state index contributed by atoms with van der Waals surface area (Å²) in [5.74, 6) is -0.704. The van der Waals surface area contributed by atoms with Crippen LogP contribution >= 0.6 is 0 Å². The molecule has 0 spiro atoms. The van der Waals surface area contributed by atoms with Gasteiger partial charge < -0.3 is 18.9 Å². The van der Waals surface area contributed by atoms with E-state index in [0.717, 1.165) is 5.56 Å². The molecule has 2 aliphatic heterocycles. The Labute approximate surface area is 118 Å². The number of nitrogens with zero attached hydrogens (tertiary/aromatic N) is 1. The van der Waals surface area contributed by atoms with Crippen molar-refractivity contribution in [2.75, 3.05) is 0 Å². The average Bonchev–Trinajstić information content (AvgIpc) is 2.89. The Morgan fingerprint density at radius 2 is 2.00 bits per heavy atom. The van der Waals surface area contributed by atoms with Gasteiger partial charge in [0.05, 0.1) is 12.7 Å². The zero-order chi connectivity index (χ0) is 14.2. The Morgan fingerprint density at radius 1 is 1.25 bits per heavy atom. The molecule has 0 aliphatic carbocycles. The monoisotopic (exact) mass is 275 g/mol. The van der Waals surface area contributed by atoms with Gasteiger partial charge in [0.2, 0.25) is 0 Å². The fourth-order valence-corrected chi connectivity index (χ4v) is 2.53. The number of hydrogen-bond donors (Lipinski definition) is 0. The number of ether oxygens (including phenoxy) is 4. The molecule has 0 saturated carbocycles. The van der Waals surface area contributed by atoms with E-state index in [0.29, 0.717) is 6.61 Å². The lowest BCUT2D eigenvalue weighted by Crippen LogP contribution is -2.36. The second-order valence-corrected chi connectivity index (χ2v) is 5.42. The summed E-state index contributed by atoms with van der Waals surface area (Å²) in [4.78, 5) is 0. The summed E-state index contributed by atoms with van der Waals surface area (Å²) in [5, 5.41) is 9.15. The van der Waals surface area contributed by atoms with Gasteiger partial charge in [-0.2, -0.15) is 5.26 Å². The topological polar surface area (TPSA) is 60.7 Å². The number of nitriles is 1. The lowest BCUT2D eigenvalue weighted by Gasteiger charge is -2.23. The van der Waals surface area contributed by atoms with Crippen molar-refractivity contribution < 1.29 is 18.9 Å². The summed E-state index contributed by atoms with van der Waals surface area (Å²) in [6, 6.07) is 11.9. The maximum atomic E-state index is 9.15. The third kappa shape index (κ3) is 2.56. The highest BCUT2D eigenvalue weighted by Crippen LogP contribution is 2.38. The van der Waals surface area contributed by atoms with Gasteiger partial charge in [-0.1, -0.05) is 30.3 Å². The summed E-state index contributed by atoms with van der Waals surface area (Å²) in [7, 11) is 0. The van der Waals surface area contributed by atoms with E-state index < -0.39 is 24.3 Å². The number of rotatable bonds is 3. The van der Waals surface area contributed by atoms with Crippen LogP contribution in [0.3, 0.4) is 0 Å². The van der Waals surface area contributed by atoms with E-state index in [1.54, 1.807) is 0 Å². The molecular weight excluding hydrogens is 258 g/mol. The number of benzene rings is 1. The molecule has 1 aromatic rings. The minimum absolute atomic E-state index is 0.363. The SMILES string of the molecule is CC1(C)O[C@H]2O[C@H](C#N)[C@H](OCc3ccccc3)[C@H]2O1. The molecule has 0 N–H and O–H groups in total. The zero-order valence-electron chi connectivity index (χ0n) is 11.5. The van der Waals surface area contributed by atoms with Crippen LogP contribution in [0.25, 0.3) is 0 Å². The van der Waals surface area contributed by atoms with Crippen molar-refractivity contribution in [3.05, 3.63) is 35.9 Å². The molecule has 5 heteroatoms. The molecular formula is C15H17NO4. The van der Waals surface area contributed by atoms with Crippen molar-refractivity contribution in [3.8, 4) is 6.07 Å². The fraction of sp³-hybridized carbons (Fsp3) is 0.533. The predicted molar refractivity (Wildman–Crippen MR) is 69.3 cm³/mol. The molecule has 3 rings (SSSR count). The van der Waals surface area contributed by atoms with Crippen LogP contribution in [-0.2, 0) is 25.6 Å². The highest BCUT2D eigenvalue weighted by Gasteiger charge is 2.55. The van der Waals surface area contributed by atoms with Gasteiger partial charge in [0.15, 0.2) is 18.2 Å². The van der Waals surface area contributed by atoms with Crippen molar-refractivity contribution in [2.45, 2.75) is 50.8 Å². The second kappa shape index (κ2) is 5.15. The Bertz CT molecular complexity index is 510. The molecule has 4 atom stereocenters. The van der Waals surface area contributed by atoms with Crippen molar-refractivity contribution >= 4 is 0 Å². The van der Waals surface area contributed by atoms with E-state index in [9.17, 15) is 0 Å². The number of hydrogen-bond acceptors (Lipinski definition) is 5. The Kier molecular flexibility index (Phi) is 3.48. The molecule has 0 aromatic heterocycles. The van der Waals surface area contributed by atoms with Crippen LogP contribution in [0.5, 0.6) is 0 Å². The van der Waals surface area contributed by atoms with Gasteiger partial charge >= 0.3 is 0 Å². The van der Waals surface area contributed by atoms with Crippen LogP contribution in [0, 0.1) is 11.3 Å². The summed E-state index contributed by atoms with van der Waals surface area (Å²) in [5.41, 5.74) is 1.05. The highest BCUT2D eigenvalue weighted by atomic mass is 16.8. The Balaban J connectivity index is 1.69. The summed E-state index contributed by atoms with van der Waals surface area (Å²) >= 11 is 0. The van der Waals surface area contributed by atoms with Crippen LogP contribution in [-0.4, -0.2) is 30.4 Å². The van der Waals surface area contributed by atoms with Crippen molar-refractivity contribution in [3.63, 3.8) is 0 Å². The minimum atomic E-state index is -0.704. The molecule has 0 bridgehead atoms. The lowest BCUT2D eigenvalue weighted by atomic mass is 10.1. The third-order valence-corrected chi connectivity index (χ3v) is 3.40. The predicted octanol–water partition coefficient (Wildman–Crippen LogP) is 1.97. The van der Waals surface area contributed by atoms with Gasteiger partial charge in [0.25, 0.3) is 0 Å². The van der Waals surface area contributed by atoms with Crippen molar-refractivity contribution in [1.82, 2.24) is 0 Å².